The van der Waals surface area contributed by atoms with Crippen LogP contribution in [0.5, 0.6) is 0 Å². The summed E-state index contributed by atoms with van der Waals surface area (Å²) in [4.78, 5) is 12.4. The van der Waals surface area contributed by atoms with E-state index in [-0.39, 0.29) is 5.78 Å². The molecule has 2 aromatic rings. The van der Waals surface area contributed by atoms with Crippen molar-refractivity contribution in [2.75, 3.05) is 0 Å². The Labute approximate surface area is 105 Å². The van der Waals surface area contributed by atoms with Crippen molar-refractivity contribution in [2.24, 2.45) is 0 Å². The van der Waals surface area contributed by atoms with Gasteiger partial charge in [0.15, 0.2) is 0 Å². The van der Waals surface area contributed by atoms with E-state index < -0.39 is 5.82 Å². The molecule has 0 fully saturated rings. The van der Waals surface area contributed by atoms with Crippen LogP contribution in [0.1, 0.15) is 34.2 Å². The number of aryl methyl sites for hydroxylation is 3. The maximum Gasteiger partial charge on any atom is 0.211 e. The van der Waals surface area contributed by atoms with Gasteiger partial charge in [-0.25, -0.2) is 4.39 Å². The van der Waals surface area contributed by atoms with E-state index in [1.54, 1.807) is 23.7 Å². The van der Waals surface area contributed by atoms with Crippen molar-refractivity contribution in [3.8, 4) is 0 Å². The summed E-state index contributed by atoms with van der Waals surface area (Å²) >= 11 is 0. The quantitative estimate of drug-likeness (QED) is 0.780. The van der Waals surface area contributed by atoms with Gasteiger partial charge in [0, 0.05) is 12.1 Å². The lowest BCUT2D eigenvalue weighted by atomic mass is 10.0. The standard InChI is InChI=1S/C14H15FN2O/c1-4-17-13(7-10(3)16-17)14(18)12-8-11(15)6-5-9(12)2/h5-8H,4H2,1-3H3. The van der Waals surface area contributed by atoms with Gasteiger partial charge in [0.2, 0.25) is 5.78 Å². The molecule has 0 radical (unpaired) electrons. The fourth-order valence-electron chi connectivity index (χ4n) is 1.95. The van der Waals surface area contributed by atoms with Crippen LogP contribution in [0, 0.1) is 19.7 Å². The van der Waals surface area contributed by atoms with E-state index in [0.29, 0.717) is 17.8 Å². The Morgan fingerprint density at radius 1 is 1.33 bits per heavy atom. The summed E-state index contributed by atoms with van der Waals surface area (Å²) in [5.74, 6) is -0.585. The average molecular weight is 246 g/mol. The van der Waals surface area contributed by atoms with Crippen molar-refractivity contribution >= 4 is 5.78 Å². The lowest BCUT2D eigenvalue weighted by molar-refractivity contribution is 0.102. The summed E-state index contributed by atoms with van der Waals surface area (Å²) < 4.78 is 14.9. The van der Waals surface area contributed by atoms with Crippen LogP contribution in [0.2, 0.25) is 0 Å². The Bertz CT molecular complexity index is 602. The molecule has 0 atom stereocenters. The second-order valence-corrected chi connectivity index (χ2v) is 4.28. The minimum atomic E-state index is -0.400. The molecule has 18 heavy (non-hydrogen) atoms. The minimum Gasteiger partial charge on any atom is -0.287 e. The minimum absolute atomic E-state index is 0.186. The Morgan fingerprint density at radius 3 is 2.72 bits per heavy atom. The van der Waals surface area contributed by atoms with E-state index >= 15 is 0 Å². The molecule has 0 amide bonds. The first-order valence-electron chi connectivity index (χ1n) is 5.88. The Balaban J connectivity index is 2.50. The van der Waals surface area contributed by atoms with Crippen LogP contribution >= 0.6 is 0 Å². The van der Waals surface area contributed by atoms with Crippen LogP contribution in [0.3, 0.4) is 0 Å². The van der Waals surface area contributed by atoms with Gasteiger partial charge in [-0.05, 0) is 44.5 Å². The molecule has 3 nitrogen and oxygen atoms in total. The third-order valence-corrected chi connectivity index (χ3v) is 2.88. The molecule has 4 heteroatoms. The molecule has 2 rings (SSSR count). The molecule has 0 aliphatic heterocycles. The topological polar surface area (TPSA) is 34.9 Å². The molecule has 0 saturated heterocycles. The first kappa shape index (κ1) is 12.5. The van der Waals surface area contributed by atoms with Gasteiger partial charge in [-0.1, -0.05) is 6.07 Å². The molecule has 0 aliphatic carbocycles. The van der Waals surface area contributed by atoms with E-state index in [1.165, 1.54) is 12.1 Å². The summed E-state index contributed by atoms with van der Waals surface area (Å²) in [6, 6.07) is 5.98. The zero-order valence-electron chi connectivity index (χ0n) is 10.7. The lowest BCUT2D eigenvalue weighted by Crippen LogP contribution is -2.12. The highest BCUT2D eigenvalue weighted by molar-refractivity contribution is 6.08. The molecule has 1 aromatic carbocycles. The predicted octanol–water partition coefficient (Wildman–Crippen LogP) is 2.89. The predicted molar refractivity (Wildman–Crippen MR) is 67.2 cm³/mol. The highest BCUT2D eigenvalue weighted by Gasteiger charge is 2.17. The number of benzene rings is 1. The zero-order valence-corrected chi connectivity index (χ0v) is 10.7. The number of hydrogen-bond acceptors (Lipinski definition) is 2. The summed E-state index contributed by atoms with van der Waals surface area (Å²) in [5.41, 5.74) is 2.45. The van der Waals surface area contributed by atoms with Crippen molar-refractivity contribution in [3.05, 3.63) is 52.6 Å². The average Bonchev–Trinajstić information content (AvgIpc) is 2.72. The Kier molecular flexibility index (Phi) is 3.28. The number of carbonyl (C=O) groups is 1. The highest BCUT2D eigenvalue weighted by Crippen LogP contribution is 2.16. The Hall–Kier alpha value is -1.97. The van der Waals surface area contributed by atoms with E-state index in [4.69, 9.17) is 0 Å². The van der Waals surface area contributed by atoms with Crippen LogP contribution in [0.25, 0.3) is 0 Å². The fraction of sp³-hybridized carbons (Fsp3) is 0.286. The van der Waals surface area contributed by atoms with E-state index in [0.717, 1.165) is 11.3 Å². The van der Waals surface area contributed by atoms with Crippen molar-refractivity contribution in [3.63, 3.8) is 0 Å². The molecular weight excluding hydrogens is 231 g/mol. The number of hydrogen-bond donors (Lipinski definition) is 0. The molecule has 0 bridgehead atoms. The number of halogens is 1. The van der Waals surface area contributed by atoms with Crippen molar-refractivity contribution in [2.45, 2.75) is 27.3 Å². The fourth-order valence-corrected chi connectivity index (χ4v) is 1.95. The third kappa shape index (κ3) is 2.18. The number of carbonyl (C=O) groups excluding carboxylic acids is 1. The van der Waals surface area contributed by atoms with Crippen molar-refractivity contribution in [1.82, 2.24) is 9.78 Å². The van der Waals surface area contributed by atoms with Crippen molar-refractivity contribution < 1.29 is 9.18 Å². The van der Waals surface area contributed by atoms with E-state index in [9.17, 15) is 9.18 Å². The zero-order chi connectivity index (χ0) is 13.3. The van der Waals surface area contributed by atoms with Crippen LogP contribution in [0.15, 0.2) is 24.3 Å². The van der Waals surface area contributed by atoms with Gasteiger partial charge in [0.05, 0.1) is 5.69 Å². The maximum atomic E-state index is 13.2. The SMILES string of the molecule is CCn1nc(C)cc1C(=O)c1cc(F)ccc1C. The van der Waals surface area contributed by atoms with Crippen molar-refractivity contribution in [1.29, 1.82) is 0 Å². The summed E-state index contributed by atoms with van der Waals surface area (Å²) in [7, 11) is 0. The molecule has 0 saturated carbocycles. The normalized spacial score (nSPS) is 10.7. The molecule has 94 valence electrons. The Morgan fingerprint density at radius 2 is 2.06 bits per heavy atom. The van der Waals surface area contributed by atoms with E-state index in [2.05, 4.69) is 5.10 Å². The highest BCUT2D eigenvalue weighted by atomic mass is 19.1. The summed E-state index contributed by atoms with van der Waals surface area (Å²) in [6.45, 7) is 6.17. The van der Waals surface area contributed by atoms with Gasteiger partial charge in [-0.3, -0.25) is 9.48 Å². The van der Waals surface area contributed by atoms with Gasteiger partial charge in [0.1, 0.15) is 11.5 Å². The van der Waals surface area contributed by atoms with Crippen LogP contribution in [-0.4, -0.2) is 15.6 Å². The lowest BCUT2D eigenvalue weighted by Gasteiger charge is -2.06. The van der Waals surface area contributed by atoms with Gasteiger partial charge in [-0.15, -0.1) is 0 Å². The molecule has 1 heterocycles. The second kappa shape index (κ2) is 4.72. The van der Waals surface area contributed by atoms with E-state index in [1.807, 2.05) is 13.8 Å². The maximum absolute atomic E-state index is 13.2. The van der Waals surface area contributed by atoms with Gasteiger partial charge in [0.25, 0.3) is 0 Å². The first-order valence-corrected chi connectivity index (χ1v) is 5.88. The number of nitrogens with zero attached hydrogens (tertiary/aromatic N) is 2. The summed E-state index contributed by atoms with van der Waals surface area (Å²) in [6.07, 6.45) is 0. The first-order chi connectivity index (χ1) is 8.52. The molecule has 1 aromatic heterocycles. The second-order valence-electron chi connectivity index (χ2n) is 4.28. The molecule has 0 unspecified atom stereocenters. The third-order valence-electron chi connectivity index (χ3n) is 2.88. The van der Waals surface area contributed by atoms with Gasteiger partial charge < -0.3 is 0 Å². The molecule has 0 aliphatic rings. The van der Waals surface area contributed by atoms with Crippen LogP contribution < -0.4 is 0 Å². The molecule has 0 spiro atoms. The van der Waals surface area contributed by atoms with Crippen LogP contribution in [-0.2, 0) is 6.54 Å². The smallest absolute Gasteiger partial charge is 0.211 e. The monoisotopic (exact) mass is 246 g/mol. The summed E-state index contributed by atoms with van der Waals surface area (Å²) in [5, 5.41) is 4.23. The van der Waals surface area contributed by atoms with Gasteiger partial charge >= 0.3 is 0 Å². The van der Waals surface area contributed by atoms with Gasteiger partial charge in [-0.2, -0.15) is 5.10 Å². The van der Waals surface area contributed by atoms with Crippen LogP contribution in [0.4, 0.5) is 4.39 Å². The number of rotatable bonds is 3. The largest absolute Gasteiger partial charge is 0.287 e. The molecule has 0 N–H and O–H groups in total. The number of ketones is 1. The number of aromatic nitrogens is 2. The molecular formula is C14H15FN2O.